The zero-order valence-electron chi connectivity index (χ0n) is 11.9. The summed E-state index contributed by atoms with van der Waals surface area (Å²) in [5, 5.41) is 9.23. The first-order chi connectivity index (χ1) is 9.85. The van der Waals surface area contributed by atoms with E-state index in [9.17, 15) is 14.3 Å². The molecule has 1 aromatic heterocycles. The number of Topliss-reactive ketones (excluding diaryl/α,β-unsaturated/α-hetero) is 1. The Hall–Kier alpha value is -2.30. The summed E-state index contributed by atoms with van der Waals surface area (Å²) in [4.78, 5) is 20.6. The minimum atomic E-state index is -0.717. The Morgan fingerprint density at radius 2 is 2.05 bits per heavy atom. The van der Waals surface area contributed by atoms with Gasteiger partial charge in [-0.25, -0.2) is 14.4 Å². The van der Waals surface area contributed by atoms with E-state index in [2.05, 4.69) is 9.97 Å². The number of aromatic nitrogens is 2. The Labute approximate surface area is 121 Å². The van der Waals surface area contributed by atoms with E-state index in [0.717, 1.165) is 0 Å². The molecule has 1 aliphatic carbocycles. The molecular weight excluding hydrogens is 271 g/mol. The molecule has 0 saturated heterocycles. The van der Waals surface area contributed by atoms with Gasteiger partial charge in [-0.05, 0) is 30.0 Å². The number of ketones is 1. The number of rotatable bonds is 1. The maximum Gasteiger partial charge on any atom is 0.166 e. The first kappa shape index (κ1) is 13.7. The molecular formula is C16H15FN2O2. The van der Waals surface area contributed by atoms with E-state index in [1.807, 2.05) is 13.8 Å². The standard InChI is InChI=1S/C16H15FN2O2/c1-16(2)6-12-10(14(21)7-16)8-18-15(19-12)9-3-4-13(20)11(17)5-9/h3-5,8,20H,6-7H2,1-2H3. The van der Waals surface area contributed by atoms with Gasteiger partial charge in [-0.3, -0.25) is 4.79 Å². The lowest BCUT2D eigenvalue weighted by molar-refractivity contribution is 0.0910. The fourth-order valence-electron chi connectivity index (χ4n) is 2.62. The molecule has 0 radical (unpaired) electrons. The Balaban J connectivity index is 2.07. The van der Waals surface area contributed by atoms with Crippen molar-refractivity contribution in [2.75, 3.05) is 0 Å². The van der Waals surface area contributed by atoms with Gasteiger partial charge >= 0.3 is 0 Å². The highest BCUT2D eigenvalue weighted by atomic mass is 19.1. The van der Waals surface area contributed by atoms with Crippen LogP contribution in [0, 0.1) is 11.2 Å². The fourth-order valence-corrected chi connectivity index (χ4v) is 2.62. The van der Waals surface area contributed by atoms with E-state index in [4.69, 9.17) is 0 Å². The van der Waals surface area contributed by atoms with Gasteiger partial charge in [0.2, 0.25) is 0 Å². The summed E-state index contributed by atoms with van der Waals surface area (Å²) in [6.07, 6.45) is 2.68. The smallest absolute Gasteiger partial charge is 0.166 e. The highest BCUT2D eigenvalue weighted by Crippen LogP contribution is 2.34. The predicted molar refractivity (Wildman–Crippen MR) is 75.5 cm³/mol. The summed E-state index contributed by atoms with van der Waals surface area (Å²) in [5.74, 6) is -0.721. The molecule has 4 nitrogen and oxygen atoms in total. The van der Waals surface area contributed by atoms with Crippen molar-refractivity contribution in [3.63, 3.8) is 0 Å². The van der Waals surface area contributed by atoms with Gasteiger partial charge in [0, 0.05) is 18.2 Å². The average Bonchev–Trinajstić information content (AvgIpc) is 2.40. The summed E-state index contributed by atoms with van der Waals surface area (Å²) < 4.78 is 13.4. The Morgan fingerprint density at radius 1 is 1.29 bits per heavy atom. The Morgan fingerprint density at radius 3 is 2.76 bits per heavy atom. The SMILES string of the molecule is CC1(C)CC(=O)c2cnc(-c3ccc(O)c(F)c3)nc2C1. The number of carbonyl (C=O) groups is 1. The van der Waals surface area contributed by atoms with Crippen molar-refractivity contribution in [3.05, 3.63) is 41.5 Å². The number of benzene rings is 1. The van der Waals surface area contributed by atoms with Crippen molar-refractivity contribution in [2.24, 2.45) is 5.41 Å². The number of halogens is 1. The normalized spacial score (nSPS) is 16.6. The third-order valence-electron chi connectivity index (χ3n) is 3.66. The van der Waals surface area contributed by atoms with Crippen LogP contribution in [0.2, 0.25) is 0 Å². The second-order valence-corrected chi connectivity index (χ2v) is 6.16. The predicted octanol–water partition coefficient (Wildman–Crippen LogP) is 3.14. The molecule has 1 aromatic carbocycles. The minimum Gasteiger partial charge on any atom is -0.505 e. The zero-order chi connectivity index (χ0) is 15.2. The lowest BCUT2D eigenvalue weighted by Gasteiger charge is -2.29. The van der Waals surface area contributed by atoms with Crippen LogP contribution in [0.4, 0.5) is 4.39 Å². The monoisotopic (exact) mass is 286 g/mol. The molecule has 0 saturated carbocycles. The highest BCUT2D eigenvalue weighted by molar-refractivity contribution is 5.98. The molecule has 21 heavy (non-hydrogen) atoms. The van der Waals surface area contributed by atoms with Crippen molar-refractivity contribution in [1.29, 1.82) is 0 Å². The lowest BCUT2D eigenvalue weighted by Crippen LogP contribution is -2.28. The summed E-state index contributed by atoms with van der Waals surface area (Å²) in [6, 6.07) is 4.01. The molecule has 3 rings (SSSR count). The molecule has 0 unspecified atom stereocenters. The van der Waals surface area contributed by atoms with E-state index in [0.29, 0.717) is 35.5 Å². The quantitative estimate of drug-likeness (QED) is 0.874. The van der Waals surface area contributed by atoms with Crippen LogP contribution in [0.3, 0.4) is 0 Å². The van der Waals surface area contributed by atoms with E-state index in [-0.39, 0.29) is 11.2 Å². The van der Waals surface area contributed by atoms with Crippen LogP contribution < -0.4 is 0 Å². The van der Waals surface area contributed by atoms with Crippen LogP contribution in [-0.4, -0.2) is 20.9 Å². The number of fused-ring (bicyclic) bond motifs is 1. The van der Waals surface area contributed by atoms with Gasteiger partial charge in [0.05, 0.1) is 11.3 Å². The van der Waals surface area contributed by atoms with Crippen LogP contribution in [0.15, 0.2) is 24.4 Å². The van der Waals surface area contributed by atoms with E-state index < -0.39 is 11.6 Å². The van der Waals surface area contributed by atoms with Gasteiger partial charge in [0.25, 0.3) is 0 Å². The molecule has 1 heterocycles. The number of phenols is 1. The van der Waals surface area contributed by atoms with Crippen molar-refractivity contribution < 1.29 is 14.3 Å². The van der Waals surface area contributed by atoms with Gasteiger partial charge in [-0.15, -0.1) is 0 Å². The van der Waals surface area contributed by atoms with Crippen LogP contribution in [0.1, 0.15) is 36.3 Å². The number of nitrogens with zero attached hydrogens (tertiary/aromatic N) is 2. The maximum absolute atomic E-state index is 13.4. The number of aromatic hydroxyl groups is 1. The number of carbonyl (C=O) groups excluding carboxylic acids is 1. The number of hydrogen-bond donors (Lipinski definition) is 1. The number of phenolic OH excluding ortho intramolecular Hbond substituents is 1. The van der Waals surface area contributed by atoms with E-state index in [1.165, 1.54) is 18.3 Å². The second-order valence-electron chi connectivity index (χ2n) is 6.16. The van der Waals surface area contributed by atoms with Crippen LogP contribution in [0.5, 0.6) is 5.75 Å². The maximum atomic E-state index is 13.4. The van der Waals surface area contributed by atoms with Crippen LogP contribution in [-0.2, 0) is 6.42 Å². The molecule has 2 aromatic rings. The lowest BCUT2D eigenvalue weighted by atomic mass is 9.76. The van der Waals surface area contributed by atoms with E-state index >= 15 is 0 Å². The van der Waals surface area contributed by atoms with Crippen molar-refractivity contribution >= 4 is 5.78 Å². The molecule has 0 aliphatic heterocycles. The molecule has 108 valence electrons. The first-order valence-electron chi connectivity index (χ1n) is 6.74. The van der Waals surface area contributed by atoms with Gasteiger partial charge in [0.15, 0.2) is 23.2 Å². The molecule has 0 fully saturated rings. The van der Waals surface area contributed by atoms with E-state index in [1.54, 1.807) is 6.07 Å². The summed E-state index contributed by atoms with van der Waals surface area (Å²) >= 11 is 0. The average molecular weight is 286 g/mol. The third kappa shape index (κ3) is 2.51. The molecule has 1 aliphatic rings. The summed E-state index contributed by atoms with van der Waals surface area (Å²) in [5.41, 5.74) is 1.60. The second kappa shape index (κ2) is 4.62. The molecule has 0 atom stereocenters. The minimum absolute atomic E-state index is 0.0460. The molecule has 1 N–H and O–H groups in total. The molecule has 0 spiro atoms. The van der Waals surface area contributed by atoms with Crippen LogP contribution in [0.25, 0.3) is 11.4 Å². The third-order valence-corrected chi connectivity index (χ3v) is 3.66. The van der Waals surface area contributed by atoms with Crippen LogP contribution >= 0.6 is 0 Å². The Bertz CT molecular complexity index is 741. The summed E-state index contributed by atoms with van der Waals surface area (Å²) in [6.45, 7) is 4.05. The van der Waals surface area contributed by atoms with Gasteiger partial charge in [-0.2, -0.15) is 0 Å². The summed E-state index contributed by atoms with van der Waals surface area (Å²) in [7, 11) is 0. The highest BCUT2D eigenvalue weighted by Gasteiger charge is 2.32. The van der Waals surface area contributed by atoms with Crippen molar-refractivity contribution in [1.82, 2.24) is 9.97 Å². The molecule has 0 amide bonds. The van der Waals surface area contributed by atoms with Gasteiger partial charge in [-0.1, -0.05) is 13.8 Å². The van der Waals surface area contributed by atoms with Gasteiger partial charge < -0.3 is 5.11 Å². The first-order valence-corrected chi connectivity index (χ1v) is 6.74. The van der Waals surface area contributed by atoms with Crippen molar-refractivity contribution in [2.45, 2.75) is 26.7 Å². The zero-order valence-corrected chi connectivity index (χ0v) is 11.9. The van der Waals surface area contributed by atoms with Gasteiger partial charge in [0.1, 0.15) is 0 Å². The number of hydrogen-bond acceptors (Lipinski definition) is 4. The van der Waals surface area contributed by atoms with Crippen molar-refractivity contribution in [3.8, 4) is 17.1 Å². The topological polar surface area (TPSA) is 63.1 Å². The fraction of sp³-hybridized carbons (Fsp3) is 0.312. The Kier molecular flexibility index (Phi) is 3.01. The molecule has 5 heteroatoms. The largest absolute Gasteiger partial charge is 0.505 e. The molecule has 0 bridgehead atoms.